The first-order chi connectivity index (χ1) is 10.6. The number of carbonyl (C=O) groups excluding carboxylic acids is 1. The van der Waals surface area contributed by atoms with Gasteiger partial charge in [-0.25, -0.2) is 13.8 Å². The van der Waals surface area contributed by atoms with E-state index < -0.39 is 11.6 Å². The number of rotatable bonds is 2. The van der Waals surface area contributed by atoms with Gasteiger partial charge in [0.2, 0.25) is 0 Å². The number of fused-ring (bicyclic) bond motifs is 1. The van der Waals surface area contributed by atoms with Crippen molar-refractivity contribution in [2.45, 2.75) is 0 Å². The van der Waals surface area contributed by atoms with Gasteiger partial charge in [0.25, 0.3) is 5.91 Å². The number of amides is 1. The number of nitrogens with zero attached hydrogens (tertiary/aromatic N) is 2. The summed E-state index contributed by atoms with van der Waals surface area (Å²) in [4.78, 5) is 18.3. The van der Waals surface area contributed by atoms with Crippen molar-refractivity contribution in [1.29, 1.82) is 0 Å². The standard InChI is InChI=1S/C15H14F2N2O2S/c1-21-13-8-12(15(20)19-2-4-22-5-3-19)18-14-10(13)6-9(16)7-11(14)17/h6-8H,2-5H2,1H3. The summed E-state index contributed by atoms with van der Waals surface area (Å²) in [6.45, 7) is 1.27. The molecule has 3 rings (SSSR count). The molecule has 7 heteroatoms. The number of methoxy groups -OCH3 is 1. The van der Waals surface area contributed by atoms with Gasteiger partial charge in [-0.2, -0.15) is 11.8 Å². The van der Waals surface area contributed by atoms with Crippen molar-refractivity contribution in [3.05, 3.63) is 35.5 Å². The first-order valence-corrected chi connectivity index (χ1v) is 7.96. The fourth-order valence-electron chi connectivity index (χ4n) is 2.43. The molecule has 1 aromatic carbocycles. The molecule has 1 amide bonds. The second kappa shape index (κ2) is 6.08. The number of aromatic nitrogens is 1. The highest BCUT2D eigenvalue weighted by molar-refractivity contribution is 7.99. The molecular formula is C15H14F2N2O2S. The van der Waals surface area contributed by atoms with Crippen molar-refractivity contribution in [1.82, 2.24) is 9.88 Å². The molecule has 0 aliphatic carbocycles. The van der Waals surface area contributed by atoms with E-state index >= 15 is 0 Å². The largest absolute Gasteiger partial charge is 0.496 e. The van der Waals surface area contributed by atoms with E-state index in [4.69, 9.17) is 4.74 Å². The van der Waals surface area contributed by atoms with E-state index in [1.807, 2.05) is 0 Å². The number of halogens is 2. The maximum Gasteiger partial charge on any atom is 0.272 e. The smallest absolute Gasteiger partial charge is 0.272 e. The van der Waals surface area contributed by atoms with Gasteiger partial charge in [-0.1, -0.05) is 0 Å². The van der Waals surface area contributed by atoms with Crippen LogP contribution in [0.25, 0.3) is 10.9 Å². The third-order valence-electron chi connectivity index (χ3n) is 3.53. The Hall–Kier alpha value is -1.89. The van der Waals surface area contributed by atoms with Crippen molar-refractivity contribution in [3.8, 4) is 5.75 Å². The van der Waals surface area contributed by atoms with E-state index in [9.17, 15) is 13.6 Å². The van der Waals surface area contributed by atoms with E-state index in [2.05, 4.69) is 4.98 Å². The number of benzene rings is 1. The van der Waals surface area contributed by atoms with E-state index in [1.54, 1.807) is 16.7 Å². The Kier molecular flexibility index (Phi) is 4.15. The minimum atomic E-state index is -0.808. The summed E-state index contributed by atoms with van der Waals surface area (Å²) in [5, 5.41) is 0.214. The molecule has 2 heterocycles. The minimum Gasteiger partial charge on any atom is -0.496 e. The lowest BCUT2D eigenvalue weighted by Gasteiger charge is -2.26. The van der Waals surface area contributed by atoms with Crippen LogP contribution in [-0.2, 0) is 0 Å². The number of hydrogen-bond acceptors (Lipinski definition) is 4. The summed E-state index contributed by atoms with van der Waals surface area (Å²) in [5.41, 5.74) is 0.0530. The van der Waals surface area contributed by atoms with Gasteiger partial charge in [-0.05, 0) is 6.07 Å². The summed E-state index contributed by atoms with van der Waals surface area (Å²) in [6, 6.07) is 3.34. The number of hydrogen-bond donors (Lipinski definition) is 0. The van der Waals surface area contributed by atoms with Gasteiger partial charge in [0.1, 0.15) is 22.8 Å². The molecule has 116 valence electrons. The molecule has 0 saturated carbocycles. The Balaban J connectivity index is 2.09. The second-order valence-corrected chi connectivity index (χ2v) is 6.12. The average molecular weight is 324 g/mol. The molecule has 1 aliphatic heterocycles. The quantitative estimate of drug-likeness (QED) is 0.852. The van der Waals surface area contributed by atoms with Crippen LogP contribution in [-0.4, -0.2) is 47.5 Å². The molecule has 1 fully saturated rings. The number of thioether (sulfide) groups is 1. The van der Waals surface area contributed by atoms with Crippen LogP contribution in [0.15, 0.2) is 18.2 Å². The molecule has 0 radical (unpaired) electrons. The highest BCUT2D eigenvalue weighted by Crippen LogP contribution is 2.28. The van der Waals surface area contributed by atoms with E-state index in [1.165, 1.54) is 13.2 Å². The topological polar surface area (TPSA) is 42.4 Å². The normalized spacial score (nSPS) is 15.1. The van der Waals surface area contributed by atoms with Gasteiger partial charge in [0, 0.05) is 42.1 Å². The van der Waals surface area contributed by atoms with Crippen LogP contribution in [0.2, 0.25) is 0 Å². The summed E-state index contributed by atoms with van der Waals surface area (Å²) in [5.74, 6) is 0.197. The molecular weight excluding hydrogens is 310 g/mol. The molecule has 2 aromatic rings. The third-order valence-corrected chi connectivity index (χ3v) is 4.47. The Morgan fingerprint density at radius 2 is 2.00 bits per heavy atom. The molecule has 0 bridgehead atoms. The molecule has 1 aromatic heterocycles. The molecule has 0 N–H and O–H groups in total. The first kappa shape index (κ1) is 15.0. The summed E-state index contributed by atoms with van der Waals surface area (Å²) < 4.78 is 32.5. The van der Waals surface area contributed by atoms with Gasteiger partial charge < -0.3 is 9.64 Å². The van der Waals surface area contributed by atoms with E-state index in [0.717, 1.165) is 23.6 Å². The maximum atomic E-state index is 14.0. The molecule has 1 saturated heterocycles. The molecule has 0 spiro atoms. The summed E-state index contributed by atoms with van der Waals surface area (Å²) in [7, 11) is 1.39. The third kappa shape index (κ3) is 2.72. The Bertz CT molecular complexity index is 733. The highest BCUT2D eigenvalue weighted by atomic mass is 32.2. The lowest BCUT2D eigenvalue weighted by molar-refractivity contribution is 0.0766. The SMILES string of the molecule is COc1cc(C(=O)N2CCSCC2)nc2c(F)cc(F)cc12. The van der Waals surface area contributed by atoms with Crippen molar-refractivity contribution in [3.63, 3.8) is 0 Å². The van der Waals surface area contributed by atoms with Crippen LogP contribution in [0.3, 0.4) is 0 Å². The van der Waals surface area contributed by atoms with Gasteiger partial charge in [-0.15, -0.1) is 0 Å². The zero-order valence-electron chi connectivity index (χ0n) is 11.9. The zero-order chi connectivity index (χ0) is 15.7. The molecule has 4 nitrogen and oxygen atoms in total. The monoisotopic (exact) mass is 324 g/mol. The Morgan fingerprint density at radius 1 is 1.27 bits per heavy atom. The number of pyridine rings is 1. The van der Waals surface area contributed by atoms with Crippen molar-refractivity contribution >= 4 is 28.6 Å². The Labute approximate surface area is 130 Å². The van der Waals surface area contributed by atoms with Gasteiger partial charge in [0.05, 0.1) is 7.11 Å². The number of ether oxygens (including phenoxy) is 1. The van der Waals surface area contributed by atoms with Gasteiger partial charge in [0.15, 0.2) is 5.82 Å². The predicted octanol–water partition coefficient (Wildman–Crippen LogP) is 2.71. The minimum absolute atomic E-state index is 0.0597. The summed E-state index contributed by atoms with van der Waals surface area (Å²) in [6.07, 6.45) is 0. The Morgan fingerprint density at radius 3 is 2.68 bits per heavy atom. The van der Waals surface area contributed by atoms with Crippen molar-refractivity contribution < 1.29 is 18.3 Å². The predicted molar refractivity (Wildman–Crippen MR) is 81.4 cm³/mol. The summed E-state index contributed by atoms with van der Waals surface area (Å²) >= 11 is 1.78. The first-order valence-electron chi connectivity index (χ1n) is 6.81. The van der Waals surface area contributed by atoms with Crippen LogP contribution >= 0.6 is 11.8 Å². The second-order valence-electron chi connectivity index (χ2n) is 4.90. The fraction of sp³-hybridized carbons (Fsp3) is 0.333. The lowest BCUT2D eigenvalue weighted by Crippen LogP contribution is -2.38. The van der Waals surface area contributed by atoms with Crippen LogP contribution in [0.4, 0.5) is 8.78 Å². The van der Waals surface area contributed by atoms with Crippen LogP contribution in [0.5, 0.6) is 5.75 Å². The maximum absolute atomic E-state index is 14.0. The zero-order valence-corrected chi connectivity index (χ0v) is 12.8. The van der Waals surface area contributed by atoms with Crippen LogP contribution < -0.4 is 4.74 Å². The fourth-order valence-corrected chi connectivity index (χ4v) is 3.33. The highest BCUT2D eigenvalue weighted by Gasteiger charge is 2.22. The van der Waals surface area contributed by atoms with Crippen molar-refractivity contribution in [2.75, 3.05) is 31.7 Å². The molecule has 22 heavy (non-hydrogen) atoms. The van der Waals surface area contributed by atoms with Crippen LogP contribution in [0.1, 0.15) is 10.5 Å². The average Bonchev–Trinajstić information content (AvgIpc) is 2.54. The van der Waals surface area contributed by atoms with Gasteiger partial charge >= 0.3 is 0 Å². The molecule has 0 unspecified atom stereocenters. The molecule has 1 aliphatic rings. The van der Waals surface area contributed by atoms with E-state index in [-0.39, 0.29) is 28.3 Å². The van der Waals surface area contributed by atoms with Crippen molar-refractivity contribution in [2.24, 2.45) is 0 Å². The van der Waals surface area contributed by atoms with Gasteiger partial charge in [-0.3, -0.25) is 4.79 Å². The molecule has 0 atom stereocenters. The van der Waals surface area contributed by atoms with E-state index in [0.29, 0.717) is 13.1 Å². The number of carbonyl (C=O) groups is 1. The lowest BCUT2D eigenvalue weighted by atomic mass is 10.1. The van der Waals surface area contributed by atoms with Crippen LogP contribution in [0, 0.1) is 11.6 Å².